The summed E-state index contributed by atoms with van der Waals surface area (Å²) in [7, 11) is 1.67. The van der Waals surface area contributed by atoms with Crippen molar-refractivity contribution in [1.82, 2.24) is 9.97 Å². The number of benzene rings is 2. The Kier molecular flexibility index (Phi) is 6.79. The molecule has 3 rings (SSSR count). The third-order valence-corrected chi connectivity index (χ3v) is 4.58. The van der Waals surface area contributed by atoms with E-state index in [1.54, 1.807) is 20.1 Å². The Morgan fingerprint density at radius 2 is 1.83 bits per heavy atom. The number of carbonyl (C=O) groups excluding carboxylic acids is 1. The molecule has 1 amide bonds. The second-order valence-corrected chi connectivity index (χ2v) is 6.68. The number of nitrogens with zero attached hydrogens (tertiary/aromatic N) is 2. The molecule has 0 aliphatic heterocycles. The lowest BCUT2D eigenvalue weighted by atomic mass is 10.1. The second kappa shape index (κ2) is 9.68. The molecular formula is C23H26N4O2. The van der Waals surface area contributed by atoms with E-state index in [9.17, 15) is 4.79 Å². The van der Waals surface area contributed by atoms with Crippen molar-refractivity contribution in [3.05, 3.63) is 77.2 Å². The van der Waals surface area contributed by atoms with E-state index in [-0.39, 0.29) is 5.91 Å². The molecule has 0 radical (unpaired) electrons. The zero-order valence-electron chi connectivity index (χ0n) is 17.0. The molecule has 1 aromatic heterocycles. The van der Waals surface area contributed by atoms with Gasteiger partial charge in [0.15, 0.2) is 0 Å². The number of anilines is 2. The average Bonchev–Trinajstić information content (AvgIpc) is 2.74. The number of aryl methyl sites for hydroxylation is 2. The minimum Gasteiger partial charge on any atom is -0.496 e. The molecule has 2 aromatic carbocycles. The molecule has 0 spiro atoms. The highest BCUT2D eigenvalue weighted by molar-refractivity contribution is 6.03. The predicted molar refractivity (Wildman–Crippen MR) is 116 cm³/mol. The summed E-state index contributed by atoms with van der Waals surface area (Å²) in [5.74, 6) is 1.77. The molecule has 1 heterocycles. The van der Waals surface area contributed by atoms with Gasteiger partial charge in [-0.15, -0.1) is 0 Å². The summed E-state index contributed by atoms with van der Waals surface area (Å²) >= 11 is 0. The van der Waals surface area contributed by atoms with Crippen LogP contribution in [0.2, 0.25) is 0 Å². The molecule has 29 heavy (non-hydrogen) atoms. The van der Waals surface area contributed by atoms with E-state index in [0.29, 0.717) is 23.9 Å². The fraction of sp³-hybridized carbons (Fsp3) is 0.261. The van der Waals surface area contributed by atoms with Crippen LogP contribution in [0.15, 0.2) is 54.6 Å². The molecular weight excluding hydrogens is 364 g/mol. The second-order valence-electron chi connectivity index (χ2n) is 6.68. The molecule has 6 nitrogen and oxygen atoms in total. The largest absolute Gasteiger partial charge is 0.496 e. The van der Waals surface area contributed by atoms with E-state index in [1.807, 2.05) is 48.5 Å². The molecule has 6 heteroatoms. The molecule has 3 aromatic rings. The summed E-state index contributed by atoms with van der Waals surface area (Å²) in [6.45, 7) is 4.54. The number of ether oxygens (including phenoxy) is 1. The Morgan fingerprint density at radius 1 is 1.07 bits per heavy atom. The molecule has 0 saturated heterocycles. The van der Waals surface area contributed by atoms with Crippen LogP contribution in [-0.4, -0.2) is 29.5 Å². The summed E-state index contributed by atoms with van der Waals surface area (Å²) in [4.78, 5) is 21.3. The highest BCUT2D eigenvalue weighted by atomic mass is 16.5. The van der Waals surface area contributed by atoms with Crippen LogP contribution in [0.5, 0.6) is 5.75 Å². The lowest BCUT2D eigenvalue weighted by Gasteiger charge is -2.11. The number of rotatable bonds is 8. The van der Waals surface area contributed by atoms with E-state index < -0.39 is 0 Å². The van der Waals surface area contributed by atoms with E-state index in [1.165, 1.54) is 5.56 Å². The van der Waals surface area contributed by atoms with Gasteiger partial charge < -0.3 is 15.4 Å². The minimum absolute atomic E-state index is 0.257. The van der Waals surface area contributed by atoms with Crippen molar-refractivity contribution in [2.75, 3.05) is 24.3 Å². The normalized spacial score (nSPS) is 10.4. The summed E-state index contributed by atoms with van der Waals surface area (Å²) in [5.41, 5.74) is 3.41. The SMILES string of the molecule is CCc1ccc(NC(=O)c2cc(NCCc3ccccc3OC)nc(C)n2)cc1. The highest BCUT2D eigenvalue weighted by Crippen LogP contribution is 2.18. The Morgan fingerprint density at radius 3 is 2.55 bits per heavy atom. The first kappa shape index (κ1) is 20.3. The van der Waals surface area contributed by atoms with Crippen molar-refractivity contribution in [3.8, 4) is 5.75 Å². The van der Waals surface area contributed by atoms with Crippen molar-refractivity contribution in [1.29, 1.82) is 0 Å². The first-order valence-electron chi connectivity index (χ1n) is 9.70. The van der Waals surface area contributed by atoms with Crippen LogP contribution in [-0.2, 0) is 12.8 Å². The average molecular weight is 390 g/mol. The molecule has 0 atom stereocenters. The first-order valence-corrected chi connectivity index (χ1v) is 9.70. The lowest BCUT2D eigenvalue weighted by molar-refractivity contribution is 0.102. The Hall–Kier alpha value is -3.41. The molecule has 150 valence electrons. The van der Waals surface area contributed by atoms with Crippen molar-refractivity contribution in [3.63, 3.8) is 0 Å². The van der Waals surface area contributed by atoms with Crippen LogP contribution in [0.3, 0.4) is 0 Å². The van der Waals surface area contributed by atoms with Gasteiger partial charge in [0.2, 0.25) is 0 Å². The van der Waals surface area contributed by atoms with Gasteiger partial charge in [0.1, 0.15) is 23.1 Å². The monoisotopic (exact) mass is 390 g/mol. The van der Waals surface area contributed by atoms with Crippen LogP contribution in [0.25, 0.3) is 0 Å². The topological polar surface area (TPSA) is 76.1 Å². The van der Waals surface area contributed by atoms with Gasteiger partial charge in [0.05, 0.1) is 7.11 Å². The van der Waals surface area contributed by atoms with Crippen molar-refractivity contribution in [2.24, 2.45) is 0 Å². The number of nitrogens with one attached hydrogen (secondary N) is 2. The number of methoxy groups -OCH3 is 1. The number of aromatic nitrogens is 2. The van der Waals surface area contributed by atoms with Crippen LogP contribution in [0.1, 0.15) is 34.4 Å². The van der Waals surface area contributed by atoms with Crippen molar-refractivity contribution in [2.45, 2.75) is 26.7 Å². The zero-order valence-corrected chi connectivity index (χ0v) is 17.0. The van der Waals surface area contributed by atoms with Gasteiger partial charge in [0.25, 0.3) is 5.91 Å². The van der Waals surface area contributed by atoms with Gasteiger partial charge >= 0.3 is 0 Å². The third kappa shape index (κ3) is 5.54. The molecule has 0 bridgehead atoms. The standard InChI is InChI=1S/C23H26N4O2/c1-4-17-9-11-19(12-10-17)27-23(28)20-15-22(26-16(2)25-20)24-14-13-18-7-5-6-8-21(18)29-3/h5-12,15H,4,13-14H2,1-3H3,(H,27,28)(H,24,25,26). The van der Waals surface area contributed by atoms with E-state index >= 15 is 0 Å². The maximum atomic E-state index is 12.6. The van der Waals surface area contributed by atoms with Crippen LogP contribution in [0, 0.1) is 6.92 Å². The van der Waals surface area contributed by atoms with Gasteiger partial charge in [-0.3, -0.25) is 4.79 Å². The van der Waals surface area contributed by atoms with E-state index in [2.05, 4.69) is 27.5 Å². The van der Waals surface area contributed by atoms with Gasteiger partial charge in [-0.2, -0.15) is 0 Å². The first-order chi connectivity index (χ1) is 14.1. The molecule has 0 aliphatic carbocycles. The van der Waals surface area contributed by atoms with E-state index in [0.717, 1.165) is 29.8 Å². The maximum absolute atomic E-state index is 12.6. The molecule has 0 unspecified atom stereocenters. The van der Waals surface area contributed by atoms with Crippen LogP contribution >= 0.6 is 0 Å². The summed E-state index contributed by atoms with van der Waals surface area (Å²) in [5, 5.41) is 6.16. The number of hydrogen-bond acceptors (Lipinski definition) is 5. The van der Waals surface area contributed by atoms with Gasteiger partial charge in [-0.25, -0.2) is 9.97 Å². The number of para-hydroxylation sites is 1. The minimum atomic E-state index is -0.257. The Balaban J connectivity index is 1.64. The van der Waals surface area contributed by atoms with E-state index in [4.69, 9.17) is 4.74 Å². The molecule has 0 aliphatic rings. The smallest absolute Gasteiger partial charge is 0.274 e. The van der Waals surface area contributed by atoms with Gasteiger partial charge in [-0.1, -0.05) is 37.3 Å². The number of amides is 1. The van der Waals surface area contributed by atoms with Crippen molar-refractivity contribution >= 4 is 17.4 Å². The number of hydrogen-bond donors (Lipinski definition) is 2. The summed E-state index contributed by atoms with van der Waals surface area (Å²) < 4.78 is 5.38. The number of carbonyl (C=O) groups is 1. The predicted octanol–water partition coefficient (Wildman–Crippen LogP) is 4.26. The van der Waals surface area contributed by atoms with Crippen molar-refractivity contribution < 1.29 is 9.53 Å². The maximum Gasteiger partial charge on any atom is 0.274 e. The Labute approximate surface area is 171 Å². The van der Waals surface area contributed by atoms with Crippen LogP contribution < -0.4 is 15.4 Å². The Bertz CT molecular complexity index is 971. The summed E-state index contributed by atoms with van der Waals surface area (Å²) in [6.07, 6.45) is 1.74. The molecule has 0 fully saturated rings. The van der Waals surface area contributed by atoms with Crippen LogP contribution in [0.4, 0.5) is 11.5 Å². The fourth-order valence-electron chi connectivity index (χ4n) is 3.03. The molecule has 0 saturated carbocycles. The lowest BCUT2D eigenvalue weighted by Crippen LogP contribution is -2.16. The zero-order chi connectivity index (χ0) is 20.6. The fourth-order valence-corrected chi connectivity index (χ4v) is 3.03. The summed E-state index contributed by atoms with van der Waals surface area (Å²) in [6, 6.07) is 17.4. The highest BCUT2D eigenvalue weighted by Gasteiger charge is 2.11. The quantitative estimate of drug-likeness (QED) is 0.601. The molecule has 2 N–H and O–H groups in total. The van der Waals surface area contributed by atoms with Gasteiger partial charge in [-0.05, 0) is 49.1 Å². The third-order valence-electron chi connectivity index (χ3n) is 4.58. The van der Waals surface area contributed by atoms with Gasteiger partial charge in [0, 0.05) is 18.3 Å².